The first kappa shape index (κ1) is 14.9. The molecule has 7 nitrogen and oxygen atoms in total. The maximum Gasteiger partial charge on any atom is 0.340 e. The fourth-order valence-corrected chi connectivity index (χ4v) is 1.48. The molecule has 1 rings (SSSR count). The molecule has 0 fully saturated rings. The van der Waals surface area contributed by atoms with E-state index in [9.17, 15) is 14.9 Å². The summed E-state index contributed by atoms with van der Waals surface area (Å²) >= 11 is 5.78. The number of nitro groups is 1. The third-order valence-electron chi connectivity index (χ3n) is 2.09. The number of ether oxygens (including phenoxy) is 1. The molecule has 0 saturated heterocycles. The highest BCUT2D eigenvalue weighted by molar-refractivity contribution is 6.33. The number of benzene rings is 1. The van der Waals surface area contributed by atoms with Crippen LogP contribution in [0.5, 0.6) is 0 Å². The Morgan fingerprint density at radius 1 is 1.53 bits per heavy atom. The van der Waals surface area contributed by atoms with Crippen molar-refractivity contribution in [1.29, 1.82) is 0 Å². The smallest absolute Gasteiger partial charge is 0.340 e. The number of rotatable bonds is 4. The quantitative estimate of drug-likeness (QED) is 0.278. The first-order valence-corrected chi connectivity index (χ1v) is 5.51. The number of halogens is 1. The number of esters is 1. The summed E-state index contributed by atoms with van der Waals surface area (Å²) in [4.78, 5) is 27.4. The van der Waals surface area contributed by atoms with E-state index < -0.39 is 10.9 Å². The fourth-order valence-electron chi connectivity index (χ4n) is 1.25. The molecular formula is C11H12ClN3O4. The van der Waals surface area contributed by atoms with Crippen LogP contribution in [0.3, 0.4) is 0 Å². The Balaban J connectivity index is 3.40. The number of hydrogen-bond donors (Lipinski definition) is 0. The standard InChI is InChI=1S/C11H12ClN3O4/c1-14(2)6-13-9-5-8(12)10(15(17)18)4-7(9)11(16)19-3/h4-6H,1-3H3/b13-6+. The minimum Gasteiger partial charge on any atom is -0.465 e. The summed E-state index contributed by atoms with van der Waals surface area (Å²) in [5.41, 5.74) is -0.182. The van der Waals surface area contributed by atoms with Crippen molar-refractivity contribution in [1.82, 2.24) is 4.90 Å². The Morgan fingerprint density at radius 3 is 2.63 bits per heavy atom. The van der Waals surface area contributed by atoms with Crippen LogP contribution < -0.4 is 0 Å². The lowest BCUT2D eigenvalue weighted by atomic mass is 10.1. The van der Waals surface area contributed by atoms with E-state index in [-0.39, 0.29) is 22.0 Å². The van der Waals surface area contributed by atoms with Crippen molar-refractivity contribution in [3.05, 3.63) is 32.8 Å². The number of nitrogens with zero attached hydrogens (tertiary/aromatic N) is 3. The Hall–Kier alpha value is -2.15. The minimum absolute atomic E-state index is 0.0169. The molecule has 0 spiro atoms. The van der Waals surface area contributed by atoms with Crippen molar-refractivity contribution < 1.29 is 14.5 Å². The Labute approximate surface area is 114 Å². The van der Waals surface area contributed by atoms with E-state index >= 15 is 0 Å². The van der Waals surface area contributed by atoms with Gasteiger partial charge in [0.1, 0.15) is 5.02 Å². The van der Waals surface area contributed by atoms with Gasteiger partial charge in [-0.2, -0.15) is 0 Å². The van der Waals surface area contributed by atoms with Crippen molar-refractivity contribution in [2.75, 3.05) is 21.2 Å². The van der Waals surface area contributed by atoms with E-state index in [1.54, 1.807) is 19.0 Å². The van der Waals surface area contributed by atoms with Crippen LogP contribution in [0.1, 0.15) is 10.4 Å². The number of hydrogen-bond acceptors (Lipinski definition) is 5. The van der Waals surface area contributed by atoms with E-state index in [4.69, 9.17) is 11.6 Å². The molecular weight excluding hydrogens is 274 g/mol. The number of aliphatic imine (C=N–C) groups is 1. The molecule has 0 saturated carbocycles. The molecule has 0 radical (unpaired) electrons. The van der Waals surface area contributed by atoms with Gasteiger partial charge >= 0.3 is 5.97 Å². The number of carbonyl (C=O) groups is 1. The molecule has 102 valence electrons. The highest BCUT2D eigenvalue weighted by Crippen LogP contribution is 2.32. The average Bonchev–Trinajstić information content (AvgIpc) is 2.34. The summed E-state index contributed by atoms with van der Waals surface area (Å²) in [7, 11) is 4.67. The summed E-state index contributed by atoms with van der Waals surface area (Å²) in [5.74, 6) is -0.717. The van der Waals surface area contributed by atoms with Crippen LogP contribution in [0.25, 0.3) is 0 Å². The summed E-state index contributed by atoms with van der Waals surface area (Å²) in [6.45, 7) is 0. The second-order valence-corrected chi connectivity index (χ2v) is 4.18. The van der Waals surface area contributed by atoms with Gasteiger partial charge in [0.05, 0.1) is 29.6 Å². The minimum atomic E-state index is -0.717. The molecule has 0 heterocycles. The SMILES string of the molecule is COC(=O)c1cc([N+](=O)[O-])c(Cl)cc1/N=C/N(C)C. The van der Waals surface area contributed by atoms with Gasteiger partial charge in [0.15, 0.2) is 0 Å². The van der Waals surface area contributed by atoms with Gasteiger partial charge in [-0.1, -0.05) is 11.6 Å². The van der Waals surface area contributed by atoms with E-state index in [0.717, 1.165) is 6.07 Å². The Morgan fingerprint density at radius 2 is 2.16 bits per heavy atom. The normalized spacial score (nSPS) is 10.5. The van der Waals surface area contributed by atoms with Crippen LogP contribution in [-0.2, 0) is 4.74 Å². The van der Waals surface area contributed by atoms with Crippen LogP contribution in [0.2, 0.25) is 5.02 Å². The first-order valence-electron chi connectivity index (χ1n) is 5.13. The molecule has 1 aromatic carbocycles. The molecule has 0 aliphatic carbocycles. The van der Waals surface area contributed by atoms with E-state index in [0.29, 0.717) is 0 Å². The Bertz CT molecular complexity index is 543. The first-order chi connectivity index (χ1) is 8.86. The van der Waals surface area contributed by atoms with Crippen LogP contribution in [0.4, 0.5) is 11.4 Å². The third kappa shape index (κ3) is 3.65. The van der Waals surface area contributed by atoms with E-state index in [1.807, 2.05) is 0 Å². The third-order valence-corrected chi connectivity index (χ3v) is 2.40. The van der Waals surface area contributed by atoms with Crippen molar-refractivity contribution in [2.24, 2.45) is 4.99 Å². The van der Waals surface area contributed by atoms with Crippen molar-refractivity contribution in [2.45, 2.75) is 0 Å². The van der Waals surface area contributed by atoms with Crippen molar-refractivity contribution in [3.8, 4) is 0 Å². The largest absolute Gasteiger partial charge is 0.465 e. The predicted molar refractivity (Wildman–Crippen MR) is 71.3 cm³/mol. The second-order valence-electron chi connectivity index (χ2n) is 3.78. The monoisotopic (exact) mass is 285 g/mol. The summed E-state index contributed by atoms with van der Waals surface area (Å²) < 4.78 is 4.57. The zero-order chi connectivity index (χ0) is 14.6. The number of nitro benzene ring substituents is 1. The number of carbonyl (C=O) groups excluding carboxylic acids is 1. The maximum atomic E-state index is 11.6. The van der Waals surface area contributed by atoms with E-state index in [1.165, 1.54) is 19.5 Å². The van der Waals surface area contributed by atoms with Crippen LogP contribution >= 0.6 is 11.6 Å². The molecule has 0 unspecified atom stereocenters. The van der Waals surface area contributed by atoms with Gasteiger partial charge < -0.3 is 9.64 Å². The second kappa shape index (κ2) is 6.14. The zero-order valence-electron chi connectivity index (χ0n) is 10.6. The summed E-state index contributed by atoms with van der Waals surface area (Å²) in [6, 6.07) is 2.31. The molecule has 19 heavy (non-hydrogen) atoms. The van der Waals surface area contributed by atoms with Gasteiger partial charge in [0.25, 0.3) is 5.69 Å². The molecule has 0 aliphatic heterocycles. The summed E-state index contributed by atoms with van der Waals surface area (Å²) in [6.07, 6.45) is 1.45. The molecule has 1 aromatic rings. The molecule has 0 N–H and O–H groups in total. The lowest BCUT2D eigenvalue weighted by molar-refractivity contribution is -0.384. The molecule has 0 aliphatic rings. The van der Waals surface area contributed by atoms with Gasteiger partial charge in [-0.3, -0.25) is 10.1 Å². The van der Waals surface area contributed by atoms with Gasteiger partial charge in [0, 0.05) is 20.2 Å². The number of methoxy groups -OCH3 is 1. The van der Waals surface area contributed by atoms with Crippen molar-refractivity contribution >= 4 is 35.3 Å². The lowest BCUT2D eigenvalue weighted by Crippen LogP contribution is -2.08. The zero-order valence-corrected chi connectivity index (χ0v) is 11.3. The van der Waals surface area contributed by atoms with Crippen LogP contribution in [-0.4, -0.2) is 43.3 Å². The predicted octanol–water partition coefficient (Wildman–Crippen LogP) is 2.26. The molecule has 0 aromatic heterocycles. The Kier molecular flexibility index (Phi) is 4.82. The van der Waals surface area contributed by atoms with Gasteiger partial charge in [0.2, 0.25) is 0 Å². The molecule has 8 heteroatoms. The van der Waals surface area contributed by atoms with Crippen molar-refractivity contribution in [3.63, 3.8) is 0 Å². The lowest BCUT2D eigenvalue weighted by Gasteiger charge is -2.07. The topological polar surface area (TPSA) is 85.0 Å². The fraction of sp³-hybridized carbons (Fsp3) is 0.273. The van der Waals surface area contributed by atoms with Gasteiger partial charge in [-0.05, 0) is 6.07 Å². The summed E-state index contributed by atoms with van der Waals surface area (Å²) in [5, 5.41) is 10.7. The highest BCUT2D eigenvalue weighted by Gasteiger charge is 2.21. The molecule has 0 amide bonds. The molecule has 0 bridgehead atoms. The highest BCUT2D eigenvalue weighted by atomic mass is 35.5. The average molecular weight is 286 g/mol. The molecule has 0 atom stereocenters. The van der Waals surface area contributed by atoms with E-state index in [2.05, 4.69) is 9.73 Å². The van der Waals surface area contributed by atoms with Crippen LogP contribution in [0.15, 0.2) is 17.1 Å². The maximum absolute atomic E-state index is 11.6. The van der Waals surface area contributed by atoms with Gasteiger partial charge in [-0.25, -0.2) is 9.79 Å². The van der Waals surface area contributed by atoms with Crippen LogP contribution in [0, 0.1) is 10.1 Å². The van der Waals surface area contributed by atoms with Gasteiger partial charge in [-0.15, -0.1) is 0 Å².